The molecule has 0 amide bonds. The maximum absolute atomic E-state index is 2.57. The fourth-order valence-electron chi connectivity index (χ4n) is 5.67. The van der Waals surface area contributed by atoms with E-state index in [1.54, 1.807) is 11.1 Å². The summed E-state index contributed by atoms with van der Waals surface area (Å²) < 4.78 is 2.57. The number of benzene rings is 3. The molecule has 1 aliphatic rings. The van der Waals surface area contributed by atoms with Crippen molar-refractivity contribution in [3.63, 3.8) is 0 Å². The van der Waals surface area contributed by atoms with Crippen LogP contribution < -0.4 is 0 Å². The maximum atomic E-state index is 2.57. The molecule has 1 heterocycles. The highest BCUT2D eigenvalue weighted by molar-refractivity contribution is 6.14. The predicted octanol–water partition coefficient (Wildman–Crippen LogP) is 8.05. The molecule has 5 rings (SSSR count). The van der Waals surface area contributed by atoms with Gasteiger partial charge in [-0.15, -0.1) is 0 Å². The second-order valence-corrected chi connectivity index (χ2v) is 11.4. The van der Waals surface area contributed by atoms with Gasteiger partial charge in [-0.1, -0.05) is 58.0 Å². The Morgan fingerprint density at radius 3 is 2.03 bits per heavy atom. The fraction of sp³-hybridized carbons (Fsp3) is 0.429. The van der Waals surface area contributed by atoms with Crippen molar-refractivity contribution in [1.29, 1.82) is 0 Å². The molecule has 3 aromatic carbocycles. The highest BCUT2D eigenvalue weighted by atomic mass is 15.0. The van der Waals surface area contributed by atoms with Crippen LogP contribution in [0.3, 0.4) is 0 Å². The number of hydrogen-bond donors (Lipinski definition) is 0. The lowest BCUT2D eigenvalue weighted by molar-refractivity contribution is 0.334. The van der Waals surface area contributed by atoms with E-state index in [1.165, 1.54) is 45.4 Å². The summed E-state index contributed by atoms with van der Waals surface area (Å²) in [6.07, 6.45) is 2.49. The van der Waals surface area contributed by atoms with Gasteiger partial charge >= 0.3 is 0 Å². The molecular weight excluding hydrogens is 350 g/mol. The van der Waals surface area contributed by atoms with Crippen molar-refractivity contribution < 1.29 is 0 Å². The summed E-state index contributed by atoms with van der Waals surface area (Å²) >= 11 is 0. The summed E-state index contributed by atoms with van der Waals surface area (Å²) in [4.78, 5) is 0. The third-order valence-corrected chi connectivity index (χ3v) is 7.25. The second kappa shape index (κ2) is 5.65. The third kappa shape index (κ3) is 2.59. The minimum absolute atomic E-state index is 0.0189. The van der Waals surface area contributed by atoms with Crippen molar-refractivity contribution in [3.05, 3.63) is 59.7 Å². The minimum atomic E-state index is 0.0189. The third-order valence-electron chi connectivity index (χ3n) is 7.25. The van der Waals surface area contributed by atoms with Crippen molar-refractivity contribution >= 4 is 32.6 Å². The lowest BCUT2D eigenvalue weighted by atomic mass is 9.62. The topological polar surface area (TPSA) is 4.93 Å². The van der Waals surface area contributed by atoms with Crippen molar-refractivity contribution in [1.82, 2.24) is 4.57 Å². The van der Waals surface area contributed by atoms with Crippen LogP contribution in [0.4, 0.5) is 0 Å². The quantitative estimate of drug-likeness (QED) is 0.289. The zero-order valence-corrected chi connectivity index (χ0v) is 19.0. The van der Waals surface area contributed by atoms with Crippen LogP contribution in [0, 0.1) is 0 Å². The number of hydrogen-bond acceptors (Lipinski definition) is 0. The van der Waals surface area contributed by atoms with Crippen molar-refractivity contribution in [2.75, 3.05) is 0 Å². The van der Waals surface area contributed by atoms with E-state index in [2.05, 4.69) is 102 Å². The number of aromatic nitrogens is 1. The monoisotopic (exact) mass is 383 g/mol. The Balaban J connectivity index is 2.07. The van der Waals surface area contributed by atoms with E-state index in [4.69, 9.17) is 0 Å². The Morgan fingerprint density at radius 1 is 0.759 bits per heavy atom. The van der Waals surface area contributed by atoms with Gasteiger partial charge in [0.15, 0.2) is 0 Å². The molecule has 150 valence electrons. The van der Waals surface area contributed by atoms with E-state index >= 15 is 0 Å². The average molecular weight is 384 g/mol. The van der Waals surface area contributed by atoms with E-state index in [9.17, 15) is 0 Å². The summed E-state index contributed by atoms with van der Waals surface area (Å²) in [5, 5.41) is 5.55. The van der Waals surface area contributed by atoms with Crippen LogP contribution in [-0.2, 0) is 16.4 Å². The summed E-state index contributed by atoms with van der Waals surface area (Å²) in [5.41, 5.74) is 6.30. The zero-order chi connectivity index (χ0) is 20.8. The Hall–Kier alpha value is -2.28. The van der Waals surface area contributed by atoms with Crippen LogP contribution in [-0.4, -0.2) is 4.57 Å². The Labute approximate surface area is 174 Å². The number of nitrogens with zero attached hydrogens (tertiary/aromatic N) is 1. The van der Waals surface area contributed by atoms with Gasteiger partial charge in [0.25, 0.3) is 0 Å². The van der Waals surface area contributed by atoms with Crippen LogP contribution in [0.25, 0.3) is 32.6 Å². The van der Waals surface area contributed by atoms with Crippen LogP contribution >= 0.6 is 0 Å². The average Bonchev–Trinajstić information content (AvgIpc) is 2.96. The zero-order valence-electron chi connectivity index (χ0n) is 19.0. The molecule has 1 heteroatoms. The van der Waals surface area contributed by atoms with Crippen LogP contribution in [0.5, 0.6) is 0 Å². The standard InChI is InChI=1S/C28H33N/c1-26(2,3)29-22-13-12-21-25(28(6,7)15-14-27(21,4)5)24(22)20-16-18-10-8-9-11-19(18)17-23(20)29/h8-13,16-17H,14-15H2,1-7H3. The van der Waals surface area contributed by atoms with Gasteiger partial charge in [-0.25, -0.2) is 0 Å². The maximum Gasteiger partial charge on any atom is 0.0502 e. The van der Waals surface area contributed by atoms with Gasteiger partial charge in [-0.05, 0) is 84.5 Å². The van der Waals surface area contributed by atoms with E-state index < -0.39 is 0 Å². The van der Waals surface area contributed by atoms with Gasteiger partial charge in [0, 0.05) is 21.8 Å². The SMILES string of the molecule is CC1(C)CCC(C)(C)c2c1ccc1c2c2cc3ccccc3cc2n1C(C)(C)C. The summed E-state index contributed by atoms with van der Waals surface area (Å²) in [6, 6.07) is 18.5. The number of fused-ring (bicyclic) bond motifs is 6. The molecule has 0 N–H and O–H groups in total. The first-order valence-electron chi connectivity index (χ1n) is 11.0. The first-order chi connectivity index (χ1) is 13.5. The van der Waals surface area contributed by atoms with E-state index in [1.807, 2.05) is 0 Å². The van der Waals surface area contributed by atoms with Crippen molar-refractivity contribution in [3.8, 4) is 0 Å². The fourth-order valence-corrected chi connectivity index (χ4v) is 5.67. The molecule has 1 nitrogen and oxygen atoms in total. The molecule has 0 atom stereocenters. The molecule has 0 saturated carbocycles. The number of rotatable bonds is 0. The minimum Gasteiger partial charge on any atom is -0.335 e. The lowest BCUT2D eigenvalue weighted by Crippen LogP contribution is -2.34. The predicted molar refractivity (Wildman–Crippen MR) is 127 cm³/mol. The Bertz CT molecular complexity index is 1270. The molecule has 0 unspecified atom stereocenters. The van der Waals surface area contributed by atoms with Crippen molar-refractivity contribution in [2.24, 2.45) is 0 Å². The van der Waals surface area contributed by atoms with Gasteiger partial charge < -0.3 is 4.57 Å². The molecule has 0 radical (unpaired) electrons. The van der Waals surface area contributed by atoms with Gasteiger partial charge in [-0.3, -0.25) is 0 Å². The van der Waals surface area contributed by atoms with Crippen LogP contribution in [0.15, 0.2) is 48.5 Å². The van der Waals surface area contributed by atoms with E-state index in [0.29, 0.717) is 0 Å². The summed E-state index contributed by atoms with van der Waals surface area (Å²) in [6.45, 7) is 16.7. The summed E-state index contributed by atoms with van der Waals surface area (Å²) in [5.74, 6) is 0. The van der Waals surface area contributed by atoms with Gasteiger partial charge in [0.2, 0.25) is 0 Å². The molecule has 1 aliphatic carbocycles. The van der Waals surface area contributed by atoms with Crippen LogP contribution in [0.2, 0.25) is 0 Å². The first-order valence-corrected chi connectivity index (χ1v) is 11.0. The van der Waals surface area contributed by atoms with Gasteiger partial charge in [-0.2, -0.15) is 0 Å². The molecular formula is C28H33N. The van der Waals surface area contributed by atoms with Gasteiger partial charge in [0.05, 0.1) is 5.52 Å². The van der Waals surface area contributed by atoms with Crippen molar-refractivity contribution in [2.45, 2.75) is 77.7 Å². The van der Waals surface area contributed by atoms with Crippen LogP contribution in [0.1, 0.15) is 72.4 Å². The molecule has 4 aromatic rings. The van der Waals surface area contributed by atoms with Gasteiger partial charge in [0.1, 0.15) is 0 Å². The largest absolute Gasteiger partial charge is 0.335 e. The lowest BCUT2D eigenvalue weighted by Gasteiger charge is -2.42. The van der Waals surface area contributed by atoms with E-state index in [0.717, 1.165) is 0 Å². The molecule has 0 bridgehead atoms. The second-order valence-electron chi connectivity index (χ2n) is 11.4. The normalized spacial score (nSPS) is 18.4. The molecule has 1 aromatic heterocycles. The Morgan fingerprint density at radius 2 is 1.38 bits per heavy atom. The molecule has 29 heavy (non-hydrogen) atoms. The highest BCUT2D eigenvalue weighted by Crippen LogP contribution is 2.51. The molecule has 0 aliphatic heterocycles. The smallest absolute Gasteiger partial charge is 0.0502 e. The molecule has 0 saturated heterocycles. The molecule has 0 fully saturated rings. The van der Waals surface area contributed by atoms with E-state index in [-0.39, 0.29) is 16.4 Å². The molecule has 0 spiro atoms. The Kier molecular flexibility index (Phi) is 3.65. The highest BCUT2D eigenvalue weighted by Gasteiger charge is 2.39. The first kappa shape index (κ1) is 18.7. The summed E-state index contributed by atoms with van der Waals surface area (Å²) in [7, 11) is 0.